The van der Waals surface area contributed by atoms with Gasteiger partial charge < -0.3 is 8.98 Å². The van der Waals surface area contributed by atoms with Crippen molar-refractivity contribution in [3.63, 3.8) is 0 Å². The number of furan rings is 1. The van der Waals surface area contributed by atoms with E-state index in [1.165, 1.54) is 0 Å². The highest BCUT2D eigenvalue weighted by molar-refractivity contribution is 6.36. The first-order valence-electron chi connectivity index (χ1n) is 7.16. The summed E-state index contributed by atoms with van der Waals surface area (Å²) in [6, 6.07) is 17.2. The average molecular weight is 343 g/mol. The lowest BCUT2D eigenvalue weighted by molar-refractivity contribution is 0.572. The number of halogens is 2. The van der Waals surface area contributed by atoms with Crippen LogP contribution in [0.2, 0.25) is 10.0 Å². The smallest absolute Gasteiger partial charge is 0.177 e. The van der Waals surface area contributed by atoms with Crippen LogP contribution in [0.5, 0.6) is 0 Å². The number of imidazole rings is 1. The fraction of sp³-hybridized carbons (Fsp3) is 0.0556. The summed E-state index contributed by atoms with van der Waals surface area (Å²) in [5, 5.41) is 1.28. The fourth-order valence-corrected chi connectivity index (χ4v) is 3.19. The van der Waals surface area contributed by atoms with E-state index in [1.807, 2.05) is 54.6 Å². The maximum atomic E-state index is 6.33. The van der Waals surface area contributed by atoms with E-state index in [0.29, 0.717) is 22.4 Å². The van der Waals surface area contributed by atoms with E-state index in [9.17, 15) is 0 Å². The van der Waals surface area contributed by atoms with Gasteiger partial charge in [0.05, 0.1) is 23.8 Å². The van der Waals surface area contributed by atoms with E-state index in [-0.39, 0.29) is 0 Å². The van der Waals surface area contributed by atoms with Crippen molar-refractivity contribution in [1.82, 2.24) is 9.55 Å². The highest BCUT2D eigenvalue weighted by atomic mass is 35.5. The number of rotatable bonds is 3. The van der Waals surface area contributed by atoms with Gasteiger partial charge in [0.15, 0.2) is 11.6 Å². The van der Waals surface area contributed by atoms with E-state index in [0.717, 1.165) is 22.4 Å². The van der Waals surface area contributed by atoms with Gasteiger partial charge in [-0.1, -0.05) is 41.4 Å². The molecule has 4 aromatic rings. The minimum absolute atomic E-state index is 0.523. The molecule has 0 atom stereocenters. The molecule has 0 aliphatic rings. The lowest BCUT2D eigenvalue weighted by Gasteiger charge is -2.11. The van der Waals surface area contributed by atoms with Crippen molar-refractivity contribution in [3.8, 4) is 11.6 Å². The van der Waals surface area contributed by atoms with Crippen LogP contribution in [0.25, 0.3) is 22.6 Å². The van der Waals surface area contributed by atoms with Crippen LogP contribution in [0.3, 0.4) is 0 Å². The summed E-state index contributed by atoms with van der Waals surface area (Å²) in [6.45, 7) is 0.523. The molecule has 3 nitrogen and oxygen atoms in total. The predicted molar refractivity (Wildman–Crippen MR) is 93.0 cm³/mol. The summed E-state index contributed by atoms with van der Waals surface area (Å²) < 4.78 is 7.61. The average Bonchev–Trinajstić information content (AvgIpc) is 3.19. The second-order valence-corrected chi connectivity index (χ2v) is 6.00. The zero-order valence-corrected chi connectivity index (χ0v) is 13.6. The first-order chi connectivity index (χ1) is 11.2. The van der Waals surface area contributed by atoms with Gasteiger partial charge in [-0.15, -0.1) is 0 Å². The zero-order chi connectivity index (χ0) is 15.8. The molecule has 4 rings (SSSR count). The Hall–Kier alpha value is -2.23. The third kappa shape index (κ3) is 2.52. The van der Waals surface area contributed by atoms with Gasteiger partial charge in [-0.2, -0.15) is 0 Å². The zero-order valence-electron chi connectivity index (χ0n) is 12.0. The summed E-state index contributed by atoms with van der Waals surface area (Å²) in [5.41, 5.74) is 2.78. The highest BCUT2D eigenvalue weighted by Crippen LogP contribution is 2.30. The number of para-hydroxylation sites is 2. The number of aromatic nitrogens is 2. The molecule has 0 N–H and O–H groups in total. The SMILES string of the molecule is Clc1cccc(Cl)c1Cn1c(-c2ccco2)nc2ccccc21. The molecule has 114 valence electrons. The van der Waals surface area contributed by atoms with Gasteiger partial charge in [-0.05, 0) is 36.4 Å². The molecule has 0 saturated heterocycles. The van der Waals surface area contributed by atoms with Crippen molar-refractivity contribution in [2.24, 2.45) is 0 Å². The topological polar surface area (TPSA) is 31.0 Å². The second-order valence-electron chi connectivity index (χ2n) is 5.19. The minimum Gasteiger partial charge on any atom is -0.461 e. The molecule has 2 aromatic heterocycles. The van der Waals surface area contributed by atoms with Crippen LogP contribution < -0.4 is 0 Å². The van der Waals surface area contributed by atoms with E-state index in [1.54, 1.807) is 6.26 Å². The molecular formula is C18H12Cl2N2O. The van der Waals surface area contributed by atoms with E-state index >= 15 is 0 Å². The molecule has 0 saturated carbocycles. The summed E-state index contributed by atoms with van der Waals surface area (Å²) in [7, 11) is 0. The molecule has 0 fully saturated rings. The van der Waals surface area contributed by atoms with E-state index < -0.39 is 0 Å². The van der Waals surface area contributed by atoms with Gasteiger partial charge in [-0.25, -0.2) is 4.98 Å². The normalized spacial score (nSPS) is 11.2. The molecule has 5 heteroatoms. The third-order valence-electron chi connectivity index (χ3n) is 3.77. The molecule has 0 aliphatic carbocycles. The molecule has 2 aromatic carbocycles. The van der Waals surface area contributed by atoms with Crippen molar-refractivity contribution in [1.29, 1.82) is 0 Å². The Morgan fingerprint density at radius 2 is 1.70 bits per heavy atom. The first kappa shape index (κ1) is 14.4. The summed E-state index contributed by atoms with van der Waals surface area (Å²) in [6.07, 6.45) is 1.64. The van der Waals surface area contributed by atoms with Gasteiger partial charge >= 0.3 is 0 Å². The molecule has 2 heterocycles. The number of hydrogen-bond donors (Lipinski definition) is 0. The van der Waals surface area contributed by atoms with Gasteiger partial charge in [0.2, 0.25) is 0 Å². The molecule has 23 heavy (non-hydrogen) atoms. The molecular weight excluding hydrogens is 331 g/mol. The lowest BCUT2D eigenvalue weighted by Crippen LogP contribution is -2.03. The number of benzene rings is 2. The summed E-state index contributed by atoms with van der Waals surface area (Å²) in [4.78, 5) is 4.69. The Balaban J connectivity index is 1.93. The Morgan fingerprint density at radius 1 is 0.913 bits per heavy atom. The maximum absolute atomic E-state index is 6.33. The quantitative estimate of drug-likeness (QED) is 0.481. The maximum Gasteiger partial charge on any atom is 0.177 e. The monoisotopic (exact) mass is 342 g/mol. The lowest BCUT2D eigenvalue weighted by atomic mass is 10.2. The fourth-order valence-electron chi connectivity index (χ4n) is 2.67. The highest BCUT2D eigenvalue weighted by Gasteiger charge is 2.16. The van der Waals surface area contributed by atoms with Gasteiger partial charge in [0, 0.05) is 15.6 Å². The molecule has 0 bridgehead atoms. The van der Waals surface area contributed by atoms with E-state index in [4.69, 9.17) is 32.6 Å². The molecule has 0 unspecified atom stereocenters. The third-order valence-corrected chi connectivity index (χ3v) is 4.48. The Bertz CT molecular complexity index is 954. The second kappa shape index (κ2) is 5.76. The van der Waals surface area contributed by atoms with Crippen LogP contribution >= 0.6 is 23.2 Å². The van der Waals surface area contributed by atoms with Crippen molar-refractivity contribution in [2.75, 3.05) is 0 Å². The van der Waals surface area contributed by atoms with Crippen LogP contribution in [0, 0.1) is 0 Å². The molecule has 0 spiro atoms. The van der Waals surface area contributed by atoms with E-state index in [2.05, 4.69) is 4.57 Å². The van der Waals surface area contributed by atoms with Crippen LogP contribution in [-0.2, 0) is 6.54 Å². The summed E-state index contributed by atoms with van der Waals surface area (Å²) >= 11 is 12.7. The number of hydrogen-bond acceptors (Lipinski definition) is 2. The van der Waals surface area contributed by atoms with Crippen molar-refractivity contribution >= 4 is 34.2 Å². The Labute approximate surface area is 143 Å². The van der Waals surface area contributed by atoms with Crippen molar-refractivity contribution in [2.45, 2.75) is 6.54 Å². The van der Waals surface area contributed by atoms with Crippen LogP contribution in [0.1, 0.15) is 5.56 Å². The van der Waals surface area contributed by atoms with Gasteiger partial charge in [0.25, 0.3) is 0 Å². The van der Waals surface area contributed by atoms with Crippen molar-refractivity contribution in [3.05, 3.63) is 76.5 Å². The van der Waals surface area contributed by atoms with Crippen molar-refractivity contribution < 1.29 is 4.42 Å². The van der Waals surface area contributed by atoms with Gasteiger partial charge in [0.1, 0.15) is 0 Å². The molecule has 0 aliphatic heterocycles. The largest absolute Gasteiger partial charge is 0.461 e. The molecule has 0 amide bonds. The Kier molecular flexibility index (Phi) is 3.60. The number of nitrogens with zero attached hydrogens (tertiary/aromatic N) is 2. The standard InChI is InChI=1S/C18H12Cl2N2O/c19-13-5-3-6-14(20)12(13)11-22-16-8-2-1-7-15(16)21-18(22)17-9-4-10-23-17/h1-10H,11H2. The minimum atomic E-state index is 0.523. The Morgan fingerprint density at radius 3 is 2.43 bits per heavy atom. The number of fused-ring (bicyclic) bond motifs is 1. The van der Waals surface area contributed by atoms with Gasteiger partial charge in [-0.3, -0.25) is 0 Å². The van der Waals surface area contributed by atoms with Crippen LogP contribution in [0.15, 0.2) is 65.3 Å². The predicted octanol–water partition coefficient (Wildman–Crippen LogP) is 5.65. The molecule has 0 radical (unpaired) electrons. The first-order valence-corrected chi connectivity index (χ1v) is 7.91. The van der Waals surface area contributed by atoms with Crippen LogP contribution in [-0.4, -0.2) is 9.55 Å². The summed E-state index contributed by atoms with van der Waals surface area (Å²) in [5.74, 6) is 1.47. The van der Waals surface area contributed by atoms with Crippen LogP contribution in [0.4, 0.5) is 0 Å².